The second kappa shape index (κ2) is 9.71. The first kappa shape index (κ1) is 24.1. The Kier molecular flexibility index (Phi) is 7.10. The summed E-state index contributed by atoms with van der Waals surface area (Å²) in [6.07, 6.45) is -2.23. The number of carboxylic acid groups (broad SMARTS) is 1. The number of piperidine rings is 1. The Balaban J connectivity index is 1.47. The van der Waals surface area contributed by atoms with Gasteiger partial charge in [0.05, 0.1) is 23.0 Å². The summed E-state index contributed by atoms with van der Waals surface area (Å²) in [5.74, 6) is -1.73. The molecule has 1 N–H and O–H groups in total. The van der Waals surface area contributed by atoms with Crippen molar-refractivity contribution < 1.29 is 27.8 Å². The van der Waals surface area contributed by atoms with Crippen molar-refractivity contribution in [2.75, 3.05) is 13.1 Å². The monoisotopic (exact) mass is 483 g/mol. The zero-order chi connectivity index (χ0) is 23.8. The summed E-state index contributed by atoms with van der Waals surface area (Å²) in [5.41, 5.74) is 1.08. The Bertz CT molecular complexity index is 996. The maximum Gasteiger partial charge on any atom is 0.391 e. The molecule has 1 atom stereocenters. The molecule has 1 aliphatic carbocycles. The van der Waals surface area contributed by atoms with E-state index in [1.165, 1.54) is 0 Å². The van der Waals surface area contributed by atoms with Crippen LogP contribution < -0.4 is 4.74 Å². The van der Waals surface area contributed by atoms with Gasteiger partial charge in [-0.05, 0) is 81.6 Å². The van der Waals surface area contributed by atoms with Crippen LogP contribution in [-0.2, 0) is 4.79 Å². The molecule has 2 aromatic rings. The van der Waals surface area contributed by atoms with E-state index in [0.717, 1.165) is 29.4 Å². The molecule has 33 heavy (non-hydrogen) atoms. The third kappa shape index (κ3) is 5.40. The number of benzene rings is 2. The van der Waals surface area contributed by atoms with Crippen LogP contribution in [-0.4, -0.2) is 41.3 Å². The predicted molar refractivity (Wildman–Crippen MR) is 122 cm³/mol. The number of hydrogen-bond donors (Lipinski definition) is 1. The Morgan fingerprint density at radius 3 is 2.33 bits per heavy atom. The van der Waals surface area contributed by atoms with Gasteiger partial charge >= 0.3 is 12.1 Å². The molecule has 0 amide bonds. The second-order valence-corrected chi connectivity index (χ2v) is 9.69. The van der Waals surface area contributed by atoms with Crippen LogP contribution in [0.5, 0.6) is 5.75 Å². The van der Waals surface area contributed by atoms with Crippen LogP contribution in [0.1, 0.15) is 57.1 Å². The highest BCUT2D eigenvalue weighted by Gasteiger charge is 2.41. The Hall–Kier alpha value is -1.99. The third-order valence-electron chi connectivity index (χ3n) is 7.28. The summed E-state index contributed by atoms with van der Waals surface area (Å²) >= 11 is 6.69. The van der Waals surface area contributed by atoms with Gasteiger partial charge in [-0.25, -0.2) is 0 Å². The molecule has 0 radical (unpaired) electrons. The fraction of sp³-hybridized carbons (Fsp3) is 0.560. The lowest BCUT2D eigenvalue weighted by Crippen LogP contribution is -2.37. The average Bonchev–Trinajstić information content (AvgIpc) is 2.80. The van der Waals surface area contributed by atoms with E-state index in [4.69, 9.17) is 16.3 Å². The zero-order valence-electron chi connectivity index (χ0n) is 18.6. The van der Waals surface area contributed by atoms with Crippen molar-refractivity contribution in [3.63, 3.8) is 0 Å². The Labute approximate surface area is 196 Å². The van der Waals surface area contributed by atoms with E-state index in [0.29, 0.717) is 36.5 Å². The minimum Gasteiger partial charge on any atom is -0.489 e. The number of hydrogen-bond acceptors (Lipinski definition) is 3. The normalized spacial score (nSPS) is 24.0. The van der Waals surface area contributed by atoms with Crippen molar-refractivity contribution in [2.45, 2.75) is 63.8 Å². The maximum absolute atomic E-state index is 12.9. The number of carbonyl (C=O) groups is 1. The van der Waals surface area contributed by atoms with Crippen molar-refractivity contribution in [2.24, 2.45) is 11.8 Å². The van der Waals surface area contributed by atoms with Gasteiger partial charge in [-0.15, -0.1) is 0 Å². The van der Waals surface area contributed by atoms with Gasteiger partial charge in [0.2, 0.25) is 0 Å². The molecule has 2 fully saturated rings. The molecule has 0 aromatic heterocycles. The highest BCUT2D eigenvalue weighted by atomic mass is 35.5. The number of carboxylic acids is 1. The van der Waals surface area contributed by atoms with Crippen LogP contribution in [0.3, 0.4) is 0 Å². The van der Waals surface area contributed by atoms with Crippen molar-refractivity contribution in [1.82, 2.24) is 4.90 Å². The number of likely N-dealkylation sites (tertiary alicyclic amines) is 1. The third-order valence-corrected chi connectivity index (χ3v) is 7.67. The topological polar surface area (TPSA) is 49.8 Å². The molecule has 4 nitrogen and oxygen atoms in total. The standard InChI is InChI=1S/C25H29ClF3NO3/c1-15(30-12-10-17(11-13-30)24(31)32)18-3-2-16-4-9-22(23(26)21(16)14-18)33-20-7-5-19(6-8-20)25(27,28)29/h2-4,9,14-15,17,19-20H,5-8,10-13H2,1H3,(H,31,32). The quantitative estimate of drug-likeness (QED) is 0.505. The summed E-state index contributed by atoms with van der Waals surface area (Å²) < 4.78 is 44.8. The first-order chi connectivity index (χ1) is 15.6. The van der Waals surface area contributed by atoms with Crippen molar-refractivity contribution in [3.05, 3.63) is 40.9 Å². The molecule has 1 unspecified atom stereocenters. The zero-order valence-corrected chi connectivity index (χ0v) is 19.3. The molecule has 1 saturated heterocycles. The van der Waals surface area contributed by atoms with E-state index in [-0.39, 0.29) is 30.9 Å². The minimum atomic E-state index is -4.14. The molecule has 2 aromatic carbocycles. The number of fused-ring (bicyclic) bond motifs is 1. The van der Waals surface area contributed by atoms with E-state index in [1.54, 1.807) is 6.07 Å². The lowest BCUT2D eigenvalue weighted by molar-refractivity contribution is -0.185. The minimum absolute atomic E-state index is 0.0829. The summed E-state index contributed by atoms with van der Waals surface area (Å²) in [7, 11) is 0. The van der Waals surface area contributed by atoms with E-state index in [1.807, 2.05) is 18.2 Å². The van der Waals surface area contributed by atoms with Gasteiger partial charge in [0.1, 0.15) is 5.75 Å². The van der Waals surface area contributed by atoms with Gasteiger partial charge in [-0.3, -0.25) is 9.69 Å². The smallest absolute Gasteiger partial charge is 0.391 e. The van der Waals surface area contributed by atoms with E-state index in [9.17, 15) is 23.1 Å². The van der Waals surface area contributed by atoms with Gasteiger partial charge in [0.25, 0.3) is 0 Å². The molecular weight excluding hydrogens is 455 g/mol. The number of halogens is 4. The maximum atomic E-state index is 12.9. The fourth-order valence-corrected chi connectivity index (χ4v) is 5.33. The number of rotatable bonds is 5. The second-order valence-electron chi connectivity index (χ2n) is 9.32. The summed E-state index contributed by atoms with van der Waals surface area (Å²) in [4.78, 5) is 13.5. The number of alkyl halides is 3. The average molecular weight is 484 g/mol. The predicted octanol–water partition coefficient (Wildman–Crippen LogP) is 6.85. The van der Waals surface area contributed by atoms with Gasteiger partial charge in [0.15, 0.2) is 0 Å². The van der Waals surface area contributed by atoms with Gasteiger partial charge in [-0.2, -0.15) is 13.2 Å². The number of nitrogens with zero attached hydrogens (tertiary/aromatic N) is 1. The van der Waals surface area contributed by atoms with Crippen LogP contribution >= 0.6 is 11.6 Å². The molecule has 0 spiro atoms. The van der Waals surface area contributed by atoms with Crippen molar-refractivity contribution >= 4 is 28.3 Å². The molecule has 1 heterocycles. The van der Waals surface area contributed by atoms with E-state index >= 15 is 0 Å². The fourth-order valence-electron chi connectivity index (χ4n) is 5.06. The first-order valence-corrected chi connectivity index (χ1v) is 11.9. The molecule has 180 valence electrons. The van der Waals surface area contributed by atoms with Crippen molar-refractivity contribution in [3.8, 4) is 5.75 Å². The molecule has 4 rings (SSSR count). The van der Waals surface area contributed by atoms with Gasteiger partial charge in [0, 0.05) is 11.4 Å². The lowest BCUT2D eigenvalue weighted by atomic mass is 9.87. The van der Waals surface area contributed by atoms with Crippen LogP contribution in [0.2, 0.25) is 5.02 Å². The number of aliphatic carboxylic acids is 1. The summed E-state index contributed by atoms with van der Waals surface area (Å²) in [5, 5.41) is 11.5. The molecule has 2 aliphatic rings. The Morgan fingerprint density at radius 1 is 1.09 bits per heavy atom. The molecule has 1 saturated carbocycles. The summed E-state index contributed by atoms with van der Waals surface area (Å²) in [6.45, 7) is 3.57. The highest BCUT2D eigenvalue weighted by molar-refractivity contribution is 6.37. The molecular formula is C25H29ClF3NO3. The van der Waals surface area contributed by atoms with E-state index < -0.39 is 18.1 Å². The first-order valence-electron chi connectivity index (χ1n) is 11.6. The van der Waals surface area contributed by atoms with E-state index in [2.05, 4.69) is 17.9 Å². The van der Waals surface area contributed by atoms with Crippen LogP contribution in [0.15, 0.2) is 30.3 Å². The molecule has 1 aliphatic heterocycles. The Morgan fingerprint density at radius 2 is 1.73 bits per heavy atom. The highest BCUT2D eigenvalue weighted by Crippen LogP contribution is 2.41. The summed E-state index contributed by atoms with van der Waals surface area (Å²) in [6, 6.07) is 9.94. The van der Waals surface area contributed by atoms with Gasteiger partial charge < -0.3 is 9.84 Å². The largest absolute Gasteiger partial charge is 0.489 e. The lowest BCUT2D eigenvalue weighted by Gasteiger charge is -2.35. The molecule has 8 heteroatoms. The SMILES string of the molecule is CC(c1ccc2ccc(OC3CCC(C(F)(F)F)CC3)c(Cl)c2c1)N1CCC(C(=O)O)CC1. The van der Waals surface area contributed by atoms with Crippen LogP contribution in [0.25, 0.3) is 10.8 Å². The van der Waals surface area contributed by atoms with Crippen LogP contribution in [0.4, 0.5) is 13.2 Å². The molecule has 0 bridgehead atoms. The van der Waals surface area contributed by atoms with Crippen molar-refractivity contribution in [1.29, 1.82) is 0 Å². The van der Waals surface area contributed by atoms with Crippen LogP contribution in [0, 0.1) is 11.8 Å². The van der Waals surface area contributed by atoms with Gasteiger partial charge in [-0.1, -0.05) is 29.8 Å². The number of ether oxygens (including phenoxy) is 1.